The molecule has 3 aromatic rings. The molecule has 0 aliphatic carbocycles. The summed E-state index contributed by atoms with van der Waals surface area (Å²) in [4.78, 5) is 15.2. The second-order valence-corrected chi connectivity index (χ2v) is 4.88. The highest BCUT2D eigenvalue weighted by Crippen LogP contribution is 2.29. The van der Waals surface area contributed by atoms with E-state index in [0.717, 1.165) is 5.56 Å². The number of aromatic nitrogens is 3. The lowest BCUT2D eigenvalue weighted by atomic mass is 10.2. The van der Waals surface area contributed by atoms with Crippen molar-refractivity contribution >= 4 is 0 Å². The van der Waals surface area contributed by atoms with E-state index in [0.29, 0.717) is 11.3 Å². The van der Waals surface area contributed by atoms with E-state index in [9.17, 15) is 18.0 Å². The third kappa shape index (κ3) is 3.01. The van der Waals surface area contributed by atoms with E-state index in [4.69, 9.17) is 0 Å². The predicted molar refractivity (Wildman–Crippen MR) is 75.1 cm³/mol. The maximum atomic E-state index is 12.4. The van der Waals surface area contributed by atoms with E-state index in [1.165, 1.54) is 22.8 Å². The minimum atomic E-state index is -4.68. The first-order valence-corrected chi connectivity index (χ1v) is 6.55. The zero-order valence-corrected chi connectivity index (χ0v) is 11.8. The van der Waals surface area contributed by atoms with Crippen LogP contribution in [0, 0.1) is 6.92 Å². The summed E-state index contributed by atoms with van der Waals surface area (Å²) >= 11 is 0. The molecule has 1 aromatic carbocycles. The number of nitrogens with zero attached hydrogens (tertiary/aromatic N) is 3. The molecule has 3 rings (SSSR count). The van der Waals surface area contributed by atoms with Crippen LogP contribution in [0.2, 0.25) is 0 Å². The van der Waals surface area contributed by atoms with Gasteiger partial charge in [0.05, 0.1) is 0 Å². The fourth-order valence-corrected chi connectivity index (χ4v) is 2.02. The van der Waals surface area contributed by atoms with Gasteiger partial charge in [0.2, 0.25) is 5.82 Å². The quantitative estimate of drug-likeness (QED) is 0.727. The topological polar surface area (TPSA) is 60.9 Å². The molecule has 0 radical (unpaired) electrons. The van der Waals surface area contributed by atoms with Gasteiger partial charge in [-0.1, -0.05) is 5.16 Å². The summed E-state index contributed by atoms with van der Waals surface area (Å²) in [6, 6.07) is 9.50. The van der Waals surface area contributed by atoms with Crippen LogP contribution in [0.1, 0.15) is 11.5 Å². The molecule has 0 saturated carbocycles. The van der Waals surface area contributed by atoms with E-state index in [1.54, 1.807) is 24.4 Å². The van der Waals surface area contributed by atoms with Gasteiger partial charge >= 0.3 is 12.1 Å². The first-order valence-electron chi connectivity index (χ1n) is 6.55. The van der Waals surface area contributed by atoms with Gasteiger partial charge in [0.15, 0.2) is 0 Å². The molecule has 5 nitrogen and oxygen atoms in total. The minimum Gasteiger partial charge on any atom is -0.329 e. The summed E-state index contributed by atoms with van der Waals surface area (Å²) in [5.41, 5.74) is 1.58. The molecule has 0 N–H and O–H groups in total. The van der Waals surface area contributed by atoms with Crippen LogP contribution in [0.25, 0.3) is 17.1 Å². The maximum absolute atomic E-state index is 12.4. The molecule has 0 aliphatic rings. The van der Waals surface area contributed by atoms with E-state index >= 15 is 0 Å². The van der Waals surface area contributed by atoms with Crippen molar-refractivity contribution in [2.24, 2.45) is 0 Å². The van der Waals surface area contributed by atoms with Crippen molar-refractivity contribution in [3.63, 3.8) is 0 Å². The predicted octanol–water partition coefficient (Wildman–Crippen LogP) is 3.21. The number of alkyl halides is 3. The SMILES string of the molecule is Cc1ccn(-c2ccc(-c3noc(C(F)(F)F)n3)cc2)c(=O)c1. The van der Waals surface area contributed by atoms with Crippen LogP contribution in [0.4, 0.5) is 13.2 Å². The van der Waals surface area contributed by atoms with Gasteiger partial charge in [-0.05, 0) is 42.8 Å². The van der Waals surface area contributed by atoms with E-state index < -0.39 is 12.1 Å². The number of aryl methyl sites for hydroxylation is 1. The standard InChI is InChI=1S/C15H10F3N3O2/c1-9-6-7-21(12(22)8-9)11-4-2-10(3-5-11)13-19-14(23-20-13)15(16,17)18/h2-8H,1H3. The Kier molecular flexibility index (Phi) is 3.51. The van der Waals surface area contributed by atoms with Gasteiger partial charge in [-0.3, -0.25) is 9.36 Å². The maximum Gasteiger partial charge on any atom is 0.471 e. The molecule has 0 unspecified atom stereocenters. The van der Waals surface area contributed by atoms with Gasteiger partial charge in [0, 0.05) is 23.5 Å². The molecule has 2 aromatic heterocycles. The average molecular weight is 321 g/mol. The lowest BCUT2D eigenvalue weighted by Crippen LogP contribution is -2.16. The Hall–Kier alpha value is -2.90. The van der Waals surface area contributed by atoms with Gasteiger partial charge in [-0.25, -0.2) is 0 Å². The molecule has 0 bridgehead atoms. The van der Waals surface area contributed by atoms with Gasteiger partial charge in [-0.15, -0.1) is 0 Å². The Bertz CT molecular complexity index is 895. The number of hydrogen-bond donors (Lipinski definition) is 0. The lowest BCUT2D eigenvalue weighted by molar-refractivity contribution is -0.159. The summed E-state index contributed by atoms with van der Waals surface area (Å²) < 4.78 is 42.9. The largest absolute Gasteiger partial charge is 0.471 e. The minimum absolute atomic E-state index is 0.167. The summed E-state index contributed by atoms with van der Waals surface area (Å²) in [5.74, 6) is -1.56. The number of benzene rings is 1. The molecular formula is C15H10F3N3O2. The van der Waals surface area contributed by atoms with Gasteiger partial charge < -0.3 is 4.52 Å². The second kappa shape index (κ2) is 5.38. The Balaban J connectivity index is 1.93. The van der Waals surface area contributed by atoms with E-state index in [2.05, 4.69) is 14.7 Å². The van der Waals surface area contributed by atoms with Crippen LogP contribution in [0.15, 0.2) is 51.9 Å². The van der Waals surface area contributed by atoms with Crippen molar-refractivity contribution in [1.82, 2.24) is 14.7 Å². The first kappa shape index (κ1) is 15.0. The van der Waals surface area contributed by atoms with Crippen LogP contribution in [0.3, 0.4) is 0 Å². The Morgan fingerprint density at radius 3 is 2.39 bits per heavy atom. The van der Waals surface area contributed by atoms with Crippen molar-refractivity contribution in [3.05, 3.63) is 64.4 Å². The molecule has 118 valence electrons. The average Bonchev–Trinajstić information content (AvgIpc) is 2.97. The van der Waals surface area contributed by atoms with Crippen LogP contribution in [-0.2, 0) is 6.18 Å². The van der Waals surface area contributed by atoms with Crippen LogP contribution in [-0.4, -0.2) is 14.7 Å². The molecule has 0 amide bonds. The highest BCUT2D eigenvalue weighted by molar-refractivity contribution is 5.56. The molecule has 8 heteroatoms. The molecule has 0 aliphatic heterocycles. The van der Waals surface area contributed by atoms with Crippen LogP contribution < -0.4 is 5.56 Å². The van der Waals surface area contributed by atoms with Gasteiger partial charge in [-0.2, -0.15) is 18.2 Å². The number of pyridine rings is 1. The van der Waals surface area contributed by atoms with Crippen LogP contribution >= 0.6 is 0 Å². The smallest absolute Gasteiger partial charge is 0.329 e. The summed E-state index contributed by atoms with van der Waals surface area (Å²) in [7, 11) is 0. The van der Waals surface area contributed by atoms with Gasteiger partial charge in [0.25, 0.3) is 5.56 Å². The van der Waals surface area contributed by atoms with Crippen molar-refractivity contribution in [2.75, 3.05) is 0 Å². The van der Waals surface area contributed by atoms with E-state index in [1.807, 2.05) is 6.92 Å². The molecule has 0 saturated heterocycles. The third-order valence-corrected chi connectivity index (χ3v) is 3.15. The number of rotatable bonds is 2. The number of halogens is 3. The number of hydrogen-bond acceptors (Lipinski definition) is 4. The highest BCUT2D eigenvalue weighted by Gasteiger charge is 2.38. The lowest BCUT2D eigenvalue weighted by Gasteiger charge is -2.06. The normalized spacial score (nSPS) is 11.7. The molecular weight excluding hydrogens is 311 g/mol. The molecule has 0 spiro atoms. The first-order chi connectivity index (χ1) is 10.8. The second-order valence-electron chi connectivity index (χ2n) is 4.88. The van der Waals surface area contributed by atoms with Crippen molar-refractivity contribution in [1.29, 1.82) is 0 Å². The van der Waals surface area contributed by atoms with Crippen molar-refractivity contribution < 1.29 is 17.7 Å². The Labute approximate surface area is 128 Å². The van der Waals surface area contributed by atoms with E-state index in [-0.39, 0.29) is 11.4 Å². The molecule has 2 heterocycles. The summed E-state index contributed by atoms with van der Waals surface area (Å²) in [6.45, 7) is 1.81. The Morgan fingerprint density at radius 2 is 1.83 bits per heavy atom. The molecule has 23 heavy (non-hydrogen) atoms. The summed E-state index contributed by atoms with van der Waals surface area (Å²) in [6.07, 6.45) is -3.05. The Morgan fingerprint density at radius 1 is 1.13 bits per heavy atom. The molecule has 0 atom stereocenters. The third-order valence-electron chi connectivity index (χ3n) is 3.15. The van der Waals surface area contributed by atoms with Crippen molar-refractivity contribution in [2.45, 2.75) is 13.1 Å². The summed E-state index contributed by atoms with van der Waals surface area (Å²) in [5, 5.41) is 3.31. The zero-order chi connectivity index (χ0) is 16.6. The van der Waals surface area contributed by atoms with Crippen molar-refractivity contribution in [3.8, 4) is 17.1 Å². The van der Waals surface area contributed by atoms with Crippen LogP contribution in [0.5, 0.6) is 0 Å². The monoisotopic (exact) mass is 321 g/mol. The fourth-order valence-electron chi connectivity index (χ4n) is 2.02. The fraction of sp³-hybridized carbons (Fsp3) is 0.133. The zero-order valence-electron chi connectivity index (χ0n) is 11.8. The molecule has 0 fully saturated rings. The highest BCUT2D eigenvalue weighted by atomic mass is 19.4. The van der Waals surface area contributed by atoms with Gasteiger partial charge in [0.1, 0.15) is 0 Å².